The number of aromatic nitrogens is 2. The summed E-state index contributed by atoms with van der Waals surface area (Å²) in [6, 6.07) is 2.27. The topological polar surface area (TPSA) is 114 Å². The summed E-state index contributed by atoms with van der Waals surface area (Å²) in [5.41, 5.74) is 5.60. The molecule has 0 bridgehead atoms. The van der Waals surface area contributed by atoms with E-state index in [1.54, 1.807) is 4.90 Å². The van der Waals surface area contributed by atoms with E-state index in [1.807, 2.05) is 0 Å². The van der Waals surface area contributed by atoms with Crippen LogP contribution in [0.1, 0.15) is 30.7 Å². The van der Waals surface area contributed by atoms with Crippen LogP contribution in [0.4, 0.5) is 30.1 Å². The monoisotopic (exact) mass is 452 g/mol. The maximum atomic E-state index is 14.9. The molecule has 2 aliphatic rings. The Morgan fingerprint density at radius 1 is 1.29 bits per heavy atom. The molecule has 3 heterocycles. The first-order chi connectivity index (χ1) is 14.8. The summed E-state index contributed by atoms with van der Waals surface area (Å²) in [6.07, 6.45) is 0.0616. The number of nitrogens with two attached hydrogens (primary N) is 1. The molecule has 12 heteroatoms. The Labute approximate surface area is 181 Å². The van der Waals surface area contributed by atoms with Crippen molar-refractivity contribution in [3.63, 3.8) is 0 Å². The van der Waals surface area contributed by atoms with Crippen LogP contribution in [0.5, 0.6) is 0 Å². The van der Waals surface area contributed by atoms with Crippen molar-refractivity contribution in [1.82, 2.24) is 15.5 Å². The molecule has 0 radical (unpaired) electrons. The first kappa shape index (κ1) is 21.2. The fourth-order valence-corrected chi connectivity index (χ4v) is 4.65. The van der Waals surface area contributed by atoms with E-state index in [4.69, 9.17) is 10.5 Å². The minimum Gasteiger partial charge on any atom is -0.442 e. The number of amides is 2. The van der Waals surface area contributed by atoms with Crippen LogP contribution in [0.15, 0.2) is 12.1 Å². The van der Waals surface area contributed by atoms with E-state index in [9.17, 15) is 18.4 Å². The molecular formula is C19H22F2N6O3S. The minimum atomic E-state index is -0.744. The van der Waals surface area contributed by atoms with Crippen molar-refractivity contribution >= 4 is 39.8 Å². The van der Waals surface area contributed by atoms with Gasteiger partial charge < -0.3 is 20.7 Å². The Morgan fingerprint density at radius 3 is 2.55 bits per heavy atom. The second-order valence-corrected chi connectivity index (χ2v) is 8.59. The number of hydrogen-bond acceptors (Lipinski definition) is 8. The lowest BCUT2D eigenvalue weighted by Gasteiger charge is -2.33. The molecule has 2 fully saturated rings. The van der Waals surface area contributed by atoms with Gasteiger partial charge in [0.15, 0.2) is 11.6 Å². The molecule has 2 saturated heterocycles. The number of carbonyl (C=O) groups excluding carboxylic acids is 2. The van der Waals surface area contributed by atoms with E-state index in [-0.39, 0.29) is 36.3 Å². The van der Waals surface area contributed by atoms with Crippen molar-refractivity contribution < 1.29 is 23.1 Å². The first-order valence-corrected chi connectivity index (χ1v) is 10.7. The lowest BCUT2D eigenvalue weighted by atomic mass is 9.97. The summed E-state index contributed by atoms with van der Waals surface area (Å²) < 4.78 is 35.0. The summed E-state index contributed by atoms with van der Waals surface area (Å²) in [7, 11) is 0. The zero-order valence-corrected chi connectivity index (χ0v) is 17.6. The van der Waals surface area contributed by atoms with Gasteiger partial charge in [0.05, 0.1) is 18.8 Å². The fourth-order valence-electron chi connectivity index (χ4n) is 3.87. The van der Waals surface area contributed by atoms with Gasteiger partial charge in [-0.3, -0.25) is 9.69 Å². The van der Waals surface area contributed by atoms with Crippen LogP contribution in [0, 0.1) is 11.6 Å². The lowest BCUT2D eigenvalue weighted by molar-refractivity contribution is -0.119. The molecular weight excluding hydrogens is 430 g/mol. The molecule has 3 N–H and O–H groups in total. The lowest BCUT2D eigenvalue weighted by Crippen LogP contribution is -2.34. The first-order valence-electron chi connectivity index (χ1n) is 9.87. The van der Waals surface area contributed by atoms with Crippen LogP contribution < -0.4 is 20.9 Å². The van der Waals surface area contributed by atoms with Crippen molar-refractivity contribution in [2.24, 2.45) is 0 Å². The van der Waals surface area contributed by atoms with E-state index in [1.165, 1.54) is 18.3 Å². The van der Waals surface area contributed by atoms with Gasteiger partial charge in [0.25, 0.3) is 0 Å². The number of anilines is 3. The Kier molecular flexibility index (Phi) is 5.90. The predicted molar refractivity (Wildman–Crippen MR) is 111 cm³/mol. The van der Waals surface area contributed by atoms with Gasteiger partial charge >= 0.3 is 6.09 Å². The maximum absolute atomic E-state index is 14.9. The van der Waals surface area contributed by atoms with Crippen molar-refractivity contribution in [3.05, 3.63) is 28.8 Å². The number of hydrogen-bond donors (Lipinski definition) is 2. The normalized spacial score (nSPS) is 19.6. The van der Waals surface area contributed by atoms with Crippen molar-refractivity contribution in [2.75, 3.05) is 41.7 Å². The highest BCUT2D eigenvalue weighted by Crippen LogP contribution is 2.36. The van der Waals surface area contributed by atoms with Crippen LogP contribution in [0.2, 0.25) is 0 Å². The Balaban J connectivity index is 1.44. The zero-order valence-electron chi connectivity index (χ0n) is 16.8. The van der Waals surface area contributed by atoms with E-state index in [0.717, 1.165) is 22.0 Å². The molecule has 2 aromatic rings. The average Bonchev–Trinajstić information content (AvgIpc) is 3.32. The summed E-state index contributed by atoms with van der Waals surface area (Å²) in [4.78, 5) is 26.0. The van der Waals surface area contributed by atoms with Crippen molar-refractivity contribution in [2.45, 2.75) is 31.8 Å². The number of cyclic esters (lactones) is 1. The van der Waals surface area contributed by atoms with Crippen LogP contribution in [0.25, 0.3) is 0 Å². The quantitative estimate of drug-likeness (QED) is 0.715. The molecule has 1 aromatic carbocycles. The molecule has 9 nitrogen and oxygen atoms in total. The molecule has 1 aromatic heterocycles. The van der Waals surface area contributed by atoms with Crippen LogP contribution in [0.3, 0.4) is 0 Å². The highest BCUT2D eigenvalue weighted by molar-refractivity contribution is 7.15. The van der Waals surface area contributed by atoms with Gasteiger partial charge in [-0.1, -0.05) is 11.3 Å². The van der Waals surface area contributed by atoms with Gasteiger partial charge in [0, 0.05) is 38.1 Å². The molecule has 0 aliphatic carbocycles. The van der Waals surface area contributed by atoms with Gasteiger partial charge in [0.2, 0.25) is 11.0 Å². The molecule has 1 atom stereocenters. The molecule has 0 saturated carbocycles. The largest absolute Gasteiger partial charge is 0.442 e. The smallest absolute Gasteiger partial charge is 0.414 e. The number of piperidine rings is 1. The molecule has 2 amide bonds. The SMILES string of the molecule is CC(=O)NC[C@H]1CN(c2cc(F)c(N3CCC(c4nnc(N)s4)CC3)c(F)c2)C(=O)O1. The molecule has 166 valence electrons. The fraction of sp³-hybridized carbons (Fsp3) is 0.474. The number of rotatable bonds is 5. The van der Waals surface area contributed by atoms with Gasteiger partial charge in [0.1, 0.15) is 16.8 Å². The Bertz CT molecular complexity index is 972. The van der Waals surface area contributed by atoms with Crippen LogP contribution in [-0.2, 0) is 9.53 Å². The van der Waals surface area contributed by atoms with Gasteiger partial charge in [-0.25, -0.2) is 13.6 Å². The minimum absolute atomic E-state index is 0.0771. The van der Waals surface area contributed by atoms with E-state index in [0.29, 0.717) is 31.1 Å². The Morgan fingerprint density at radius 2 is 1.97 bits per heavy atom. The number of ether oxygens (including phenoxy) is 1. The number of nitrogens with one attached hydrogen (secondary N) is 1. The van der Waals surface area contributed by atoms with Gasteiger partial charge in [-0.2, -0.15) is 0 Å². The molecule has 4 rings (SSSR count). The number of carbonyl (C=O) groups is 2. The van der Waals surface area contributed by atoms with Crippen molar-refractivity contribution in [3.8, 4) is 0 Å². The number of nitrogen functional groups attached to an aromatic ring is 1. The Hall–Kier alpha value is -3.02. The highest BCUT2D eigenvalue weighted by atomic mass is 32.1. The van der Waals surface area contributed by atoms with Gasteiger partial charge in [-0.05, 0) is 12.8 Å². The van der Waals surface area contributed by atoms with Crippen LogP contribution >= 0.6 is 11.3 Å². The number of benzene rings is 1. The summed E-state index contributed by atoms with van der Waals surface area (Å²) in [6.45, 7) is 2.50. The van der Waals surface area contributed by atoms with Gasteiger partial charge in [-0.15, -0.1) is 10.2 Å². The number of halogens is 2. The molecule has 0 spiro atoms. The highest BCUT2D eigenvalue weighted by Gasteiger charge is 2.34. The number of nitrogens with zero attached hydrogens (tertiary/aromatic N) is 4. The van der Waals surface area contributed by atoms with E-state index < -0.39 is 23.8 Å². The maximum Gasteiger partial charge on any atom is 0.414 e. The summed E-state index contributed by atoms with van der Waals surface area (Å²) in [5.74, 6) is -1.58. The molecule has 0 unspecified atom stereocenters. The third kappa shape index (κ3) is 4.53. The standard InChI is InChI=1S/C19H22F2N6O3S/c1-10(28)23-8-13-9-27(19(29)30-13)12-6-14(20)16(15(21)7-12)26-4-2-11(3-5-26)17-24-25-18(22)31-17/h6-7,11,13H,2-5,8-9H2,1H3,(H2,22,25)(H,23,28)/t13-/m0/s1. The third-order valence-electron chi connectivity index (χ3n) is 5.38. The van der Waals surface area contributed by atoms with Crippen LogP contribution in [-0.4, -0.2) is 54.5 Å². The third-order valence-corrected chi connectivity index (χ3v) is 6.30. The summed E-state index contributed by atoms with van der Waals surface area (Å²) >= 11 is 1.34. The van der Waals surface area contributed by atoms with E-state index >= 15 is 0 Å². The van der Waals surface area contributed by atoms with Crippen molar-refractivity contribution in [1.29, 1.82) is 0 Å². The second kappa shape index (κ2) is 8.61. The average molecular weight is 452 g/mol. The second-order valence-electron chi connectivity index (χ2n) is 7.55. The van der Waals surface area contributed by atoms with E-state index in [2.05, 4.69) is 15.5 Å². The predicted octanol–water partition coefficient (Wildman–Crippen LogP) is 2.24. The molecule has 2 aliphatic heterocycles. The molecule has 31 heavy (non-hydrogen) atoms. The summed E-state index contributed by atoms with van der Waals surface area (Å²) in [5, 5.41) is 11.7. The zero-order chi connectivity index (χ0) is 22.1.